The first-order valence-electron chi connectivity index (χ1n) is 5.36. The number of nitriles is 1. The molecule has 0 aromatic heterocycles. The van der Waals surface area contributed by atoms with Crippen LogP contribution in [0.2, 0.25) is 0 Å². The molecule has 90 valence electrons. The summed E-state index contributed by atoms with van der Waals surface area (Å²) in [6, 6.07) is 12.8. The smallest absolute Gasteiger partial charge is 0.140 e. The summed E-state index contributed by atoms with van der Waals surface area (Å²) >= 11 is 0. The van der Waals surface area contributed by atoms with Crippen LogP contribution in [0.3, 0.4) is 0 Å². The standard InChI is InChI=1S/C14H10F2N2/c15-11-4-1-3-10(7-11)14(9-17)18-13-6-2-5-12(16)8-13/h1-8,14,18H. The molecule has 18 heavy (non-hydrogen) atoms. The Hall–Kier alpha value is -2.41. The molecule has 2 aromatic rings. The monoisotopic (exact) mass is 244 g/mol. The minimum absolute atomic E-state index is 0.393. The average molecular weight is 244 g/mol. The molecule has 0 aliphatic heterocycles. The minimum atomic E-state index is -0.720. The highest BCUT2D eigenvalue weighted by molar-refractivity contribution is 5.47. The number of nitrogens with one attached hydrogen (secondary N) is 1. The van der Waals surface area contributed by atoms with Crippen molar-refractivity contribution < 1.29 is 8.78 Å². The van der Waals surface area contributed by atoms with Crippen LogP contribution in [0.5, 0.6) is 0 Å². The SMILES string of the molecule is N#CC(Nc1cccc(F)c1)c1cccc(F)c1. The lowest BCUT2D eigenvalue weighted by molar-refractivity contribution is 0.624. The molecule has 1 N–H and O–H groups in total. The van der Waals surface area contributed by atoms with Crippen molar-refractivity contribution in [3.05, 3.63) is 65.7 Å². The van der Waals surface area contributed by atoms with Crippen molar-refractivity contribution in [2.75, 3.05) is 5.32 Å². The van der Waals surface area contributed by atoms with Crippen LogP contribution in [-0.4, -0.2) is 0 Å². The Bertz CT molecular complexity index is 590. The van der Waals surface area contributed by atoms with E-state index in [4.69, 9.17) is 5.26 Å². The van der Waals surface area contributed by atoms with E-state index in [1.165, 1.54) is 36.4 Å². The summed E-state index contributed by atoms with van der Waals surface area (Å²) in [7, 11) is 0. The van der Waals surface area contributed by atoms with Gasteiger partial charge in [-0.05, 0) is 35.9 Å². The van der Waals surface area contributed by atoms with Crippen LogP contribution in [0, 0.1) is 23.0 Å². The molecule has 1 unspecified atom stereocenters. The molecule has 1 atom stereocenters. The maximum absolute atomic E-state index is 13.1. The van der Waals surface area contributed by atoms with E-state index in [1.54, 1.807) is 12.1 Å². The van der Waals surface area contributed by atoms with Gasteiger partial charge in [0.1, 0.15) is 17.7 Å². The van der Waals surface area contributed by atoms with Crippen molar-refractivity contribution in [1.29, 1.82) is 5.26 Å². The molecular weight excluding hydrogens is 234 g/mol. The van der Waals surface area contributed by atoms with Crippen LogP contribution >= 0.6 is 0 Å². The molecule has 0 bridgehead atoms. The van der Waals surface area contributed by atoms with E-state index in [1.807, 2.05) is 6.07 Å². The topological polar surface area (TPSA) is 35.8 Å². The van der Waals surface area contributed by atoms with Crippen molar-refractivity contribution in [2.24, 2.45) is 0 Å². The molecule has 0 spiro atoms. The number of hydrogen-bond donors (Lipinski definition) is 1. The van der Waals surface area contributed by atoms with E-state index in [0.29, 0.717) is 11.3 Å². The van der Waals surface area contributed by atoms with Crippen LogP contribution in [0.4, 0.5) is 14.5 Å². The van der Waals surface area contributed by atoms with Gasteiger partial charge in [-0.15, -0.1) is 0 Å². The molecule has 0 fully saturated rings. The van der Waals surface area contributed by atoms with Crippen LogP contribution < -0.4 is 5.32 Å². The lowest BCUT2D eigenvalue weighted by atomic mass is 10.1. The number of hydrogen-bond acceptors (Lipinski definition) is 2. The maximum atomic E-state index is 13.1. The van der Waals surface area contributed by atoms with Gasteiger partial charge in [-0.3, -0.25) is 0 Å². The lowest BCUT2D eigenvalue weighted by Crippen LogP contribution is -2.08. The largest absolute Gasteiger partial charge is 0.366 e. The second-order valence-electron chi connectivity index (χ2n) is 3.77. The van der Waals surface area contributed by atoms with Crippen molar-refractivity contribution in [3.8, 4) is 6.07 Å². The molecule has 2 rings (SSSR count). The first-order valence-corrected chi connectivity index (χ1v) is 5.36. The van der Waals surface area contributed by atoms with Gasteiger partial charge in [0.2, 0.25) is 0 Å². The van der Waals surface area contributed by atoms with Crippen molar-refractivity contribution in [1.82, 2.24) is 0 Å². The van der Waals surface area contributed by atoms with Crippen molar-refractivity contribution >= 4 is 5.69 Å². The number of rotatable bonds is 3. The molecule has 0 radical (unpaired) electrons. The highest BCUT2D eigenvalue weighted by atomic mass is 19.1. The quantitative estimate of drug-likeness (QED) is 0.894. The van der Waals surface area contributed by atoms with E-state index in [2.05, 4.69) is 5.32 Å². The fraction of sp³-hybridized carbons (Fsp3) is 0.0714. The summed E-state index contributed by atoms with van der Waals surface area (Å²) in [6.07, 6.45) is 0. The molecule has 4 heteroatoms. The maximum Gasteiger partial charge on any atom is 0.140 e. The number of anilines is 1. The van der Waals surface area contributed by atoms with Gasteiger partial charge < -0.3 is 5.32 Å². The zero-order chi connectivity index (χ0) is 13.0. The second-order valence-corrected chi connectivity index (χ2v) is 3.77. The van der Waals surface area contributed by atoms with Gasteiger partial charge in [0.05, 0.1) is 6.07 Å². The lowest BCUT2D eigenvalue weighted by Gasteiger charge is -2.13. The van der Waals surface area contributed by atoms with Gasteiger partial charge in [0, 0.05) is 5.69 Å². The van der Waals surface area contributed by atoms with Gasteiger partial charge in [0.25, 0.3) is 0 Å². The first kappa shape index (κ1) is 12.1. The Kier molecular flexibility index (Phi) is 3.54. The molecule has 0 heterocycles. The Morgan fingerprint density at radius 2 is 1.67 bits per heavy atom. The normalized spacial score (nSPS) is 11.6. The van der Waals surface area contributed by atoms with E-state index in [0.717, 1.165) is 0 Å². The molecule has 0 saturated carbocycles. The minimum Gasteiger partial charge on any atom is -0.366 e. The van der Waals surface area contributed by atoms with Crippen LogP contribution in [-0.2, 0) is 0 Å². The van der Waals surface area contributed by atoms with Gasteiger partial charge in [-0.1, -0.05) is 18.2 Å². The fourth-order valence-electron chi connectivity index (χ4n) is 1.62. The molecule has 0 saturated heterocycles. The van der Waals surface area contributed by atoms with Crippen LogP contribution in [0.1, 0.15) is 11.6 Å². The summed E-state index contributed by atoms with van der Waals surface area (Å²) in [4.78, 5) is 0. The highest BCUT2D eigenvalue weighted by Gasteiger charge is 2.11. The van der Waals surface area contributed by atoms with Gasteiger partial charge in [-0.25, -0.2) is 8.78 Å². The Morgan fingerprint density at radius 3 is 2.28 bits per heavy atom. The zero-order valence-corrected chi connectivity index (χ0v) is 9.40. The molecule has 2 nitrogen and oxygen atoms in total. The zero-order valence-electron chi connectivity index (χ0n) is 9.40. The summed E-state index contributed by atoms with van der Waals surface area (Å²) < 4.78 is 26.1. The van der Waals surface area contributed by atoms with E-state index >= 15 is 0 Å². The molecular formula is C14H10F2N2. The van der Waals surface area contributed by atoms with Gasteiger partial charge in [0.15, 0.2) is 0 Å². The third-order valence-electron chi connectivity index (χ3n) is 2.45. The van der Waals surface area contributed by atoms with E-state index < -0.39 is 17.7 Å². The van der Waals surface area contributed by atoms with Crippen LogP contribution in [0.15, 0.2) is 48.5 Å². The molecule has 0 aliphatic rings. The second kappa shape index (κ2) is 5.28. The summed E-state index contributed by atoms with van der Waals surface area (Å²) in [5, 5.41) is 11.9. The molecule has 0 amide bonds. The third-order valence-corrected chi connectivity index (χ3v) is 2.45. The molecule has 2 aromatic carbocycles. The summed E-state index contributed by atoms with van der Waals surface area (Å²) in [6.45, 7) is 0. The predicted octanol–water partition coefficient (Wildman–Crippen LogP) is 3.64. The molecule has 0 aliphatic carbocycles. The van der Waals surface area contributed by atoms with Gasteiger partial charge >= 0.3 is 0 Å². The summed E-state index contributed by atoms with van der Waals surface area (Å²) in [5.41, 5.74) is 0.979. The Balaban J connectivity index is 2.23. The Labute approximate surface area is 103 Å². The number of halogens is 2. The highest BCUT2D eigenvalue weighted by Crippen LogP contribution is 2.20. The van der Waals surface area contributed by atoms with E-state index in [-0.39, 0.29) is 0 Å². The first-order chi connectivity index (χ1) is 8.69. The number of benzene rings is 2. The third kappa shape index (κ3) is 2.83. The van der Waals surface area contributed by atoms with Crippen molar-refractivity contribution in [2.45, 2.75) is 6.04 Å². The van der Waals surface area contributed by atoms with Crippen molar-refractivity contribution in [3.63, 3.8) is 0 Å². The van der Waals surface area contributed by atoms with E-state index in [9.17, 15) is 8.78 Å². The fourth-order valence-corrected chi connectivity index (χ4v) is 1.62. The average Bonchev–Trinajstić information content (AvgIpc) is 2.36. The number of nitrogens with zero attached hydrogens (tertiary/aromatic N) is 1. The predicted molar refractivity (Wildman–Crippen MR) is 64.8 cm³/mol. The Morgan fingerprint density at radius 1 is 1.00 bits per heavy atom. The van der Waals surface area contributed by atoms with Crippen LogP contribution in [0.25, 0.3) is 0 Å². The summed E-state index contributed by atoms with van der Waals surface area (Å²) in [5.74, 6) is -0.801. The van der Waals surface area contributed by atoms with Gasteiger partial charge in [-0.2, -0.15) is 5.26 Å².